The van der Waals surface area contributed by atoms with Crippen LogP contribution in [-0.2, 0) is 27.5 Å². The van der Waals surface area contributed by atoms with Gasteiger partial charge in [-0.2, -0.15) is 0 Å². The molecule has 0 N–H and O–H groups in total. The molecule has 25 heavy (non-hydrogen) atoms. The molecular weight excluding hydrogens is 356 g/mol. The molecule has 1 atom stereocenters. The molecule has 0 bridgehead atoms. The Hall–Kier alpha value is -1.73. The maximum atomic E-state index is 12.6. The summed E-state index contributed by atoms with van der Waals surface area (Å²) < 4.78 is 23.1. The van der Waals surface area contributed by atoms with Crippen LogP contribution in [-0.4, -0.2) is 48.8 Å². The molecule has 3 rings (SSSR count). The predicted molar refractivity (Wildman–Crippen MR) is 99.5 cm³/mol. The monoisotopic (exact) mass is 378 g/mol. The van der Waals surface area contributed by atoms with Gasteiger partial charge in [-0.15, -0.1) is 11.3 Å². The highest BCUT2D eigenvalue weighted by Crippen LogP contribution is 2.21. The molecule has 134 valence electrons. The molecule has 1 aliphatic heterocycles. The van der Waals surface area contributed by atoms with Crippen molar-refractivity contribution >= 4 is 27.1 Å². The van der Waals surface area contributed by atoms with Gasteiger partial charge in [0.25, 0.3) is 0 Å². The number of carbonyl (C=O) groups is 1. The average molecular weight is 379 g/mol. The minimum atomic E-state index is -3.08. The van der Waals surface area contributed by atoms with E-state index in [4.69, 9.17) is 0 Å². The van der Waals surface area contributed by atoms with Crippen molar-refractivity contribution in [2.24, 2.45) is 0 Å². The second-order valence-electron chi connectivity index (χ2n) is 6.55. The van der Waals surface area contributed by atoms with E-state index in [9.17, 15) is 13.2 Å². The van der Waals surface area contributed by atoms with Gasteiger partial charge in [-0.1, -0.05) is 30.3 Å². The Morgan fingerprint density at radius 3 is 2.80 bits per heavy atom. The largest absolute Gasteiger partial charge is 0.338 e. The third-order valence-electron chi connectivity index (χ3n) is 4.32. The Bertz CT molecular complexity index is 831. The summed E-state index contributed by atoms with van der Waals surface area (Å²) in [4.78, 5) is 18.9. The van der Waals surface area contributed by atoms with Crippen LogP contribution in [0.1, 0.15) is 29.1 Å². The number of aromatic nitrogens is 1. The third kappa shape index (κ3) is 5.12. The van der Waals surface area contributed by atoms with E-state index in [2.05, 4.69) is 17.1 Å². The van der Waals surface area contributed by atoms with Gasteiger partial charge < -0.3 is 4.90 Å². The van der Waals surface area contributed by atoms with Crippen LogP contribution in [0.15, 0.2) is 35.7 Å². The van der Waals surface area contributed by atoms with E-state index in [0.29, 0.717) is 6.54 Å². The fraction of sp³-hybridized carbons (Fsp3) is 0.444. The molecule has 5 nitrogen and oxygen atoms in total. The Morgan fingerprint density at radius 1 is 1.32 bits per heavy atom. The molecule has 0 spiro atoms. The van der Waals surface area contributed by atoms with E-state index < -0.39 is 9.84 Å². The van der Waals surface area contributed by atoms with Crippen molar-refractivity contribution in [3.63, 3.8) is 0 Å². The summed E-state index contributed by atoms with van der Waals surface area (Å²) in [6, 6.07) is 9.92. The lowest BCUT2D eigenvalue weighted by atomic mass is 10.2. The Labute approximate surface area is 152 Å². The summed E-state index contributed by atoms with van der Waals surface area (Å²) in [6.07, 6.45) is 3.85. The number of thiazole rings is 1. The van der Waals surface area contributed by atoms with Crippen molar-refractivity contribution < 1.29 is 13.2 Å². The summed E-state index contributed by atoms with van der Waals surface area (Å²) in [5.41, 5.74) is 1.97. The van der Waals surface area contributed by atoms with Crippen LogP contribution >= 0.6 is 11.3 Å². The van der Waals surface area contributed by atoms with Gasteiger partial charge in [-0.05, 0) is 18.4 Å². The lowest BCUT2D eigenvalue weighted by molar-refractivity contribution is -0.130. The molecule has 0 radical (unpaired) electrons. The van der Waals surface area contributed by atoms with Gasteiger partial charge in [0.05, 0.1) is 22.9 Å². The first-order valence-electron chi connectivity index (χ1n) is 8.35. The highest BCUT2D eigenvalue weighted by atomic mass is 32.2. The van der Waals surface area contributed by atoms with Crippen LogP contribution in [0.4, 0.5) is 0 Å². The average Bonchev–Trinajstić information content (AvgIpc) is 3.16. The van der Waals surface area contributed by atoms with Crippen molar-refractivity contribution in [3.8, 4) is 0 Å². The van der Waals surface area contributed by atoms with E-state index in [-0.39, 0.29) is 24.1 Å². The van der Waals surface area contributed by atoms with E-state index in [1.54, 1.807) is 16.2 Å². The predicted octanol–water partition coefficient (Wildman–Crippen LogP) is 2.31. The number of hydrogen-bond acceptors (Lipinski definition) is 5. The first-order valence-corrected chi connectivity index (χ1v) is 11.3. The highest BCUT2D eigenvalue weighted by Gasteiger charge is 2.31. The van der Waals surface area contributed by atoms with Gasteiger partial charge in [0, 0.05) is 30.6 Å². The molecule has 2 heterocycles. The number of benzene rings is 1. The van der Waals surface area contributed by atoms with Crippen LogP contribution < -0.4 is 0 Å². The quantitative estimate of drug-likeness (QED) is 0.774. The van der Waals surface area contributed by atoms with Crippen molar-refractivity contribution in [2.75, 3.05) is 18.6 Å². The molecule has 0 saturated carbocycles. The molecule has 2 aromatic rings. The molecule has 1 aromatic carbocycles. The molecule has 1 aliphatic rings. The molecule has 0 aliphatic carbocycles. The summed E-state index contributed by atoms with van der Waals surface area (Å²) in [7, 11) is -3.08. The van der Waals surface area contributed by atoms with Gasteiger partial charge in [0.1, 0.15) is 9.84 Å². The number of hydrogen-bond donors (Lipinski definition) is 0. The smallest absolute Gasteiger partial charge is 0.228 e. The van der Waals surface area contributed by atoms with Gasteiger partial charge in [-0.25, -0.2) is 13.4 Å². The highest BCUT2D eigenvalue weighted by molar-refractivity contribution is 7.90. The van der Waals surface area contributed by atoms with E-state index >= 15 is 0 Å². The van der Waals surface area contributed by atoms with Crippen molar-refractivity contribution in [1.29, 1.82) is 0 Å². The first-order chi connectivity index (χ1) is 11.9. The number of sulfone groups is 1. The van der Waals surface area contributed by atoms with Crippen LogP contribution in [0.2, 0.25) is 0 Å². The van der Waals surface area contributed by atoms with Gasteiger partial charge in [0.15, 0.2) is 0 Å². The zero-order valence-corrected chi connectivity index (χ0v) is 15.9. The normalized spacial score (nSPS) is 17.8. The SMILES string of the molecule is CS(=O)(=O)C[C@H]1CCCN1C(=O)Cc1csc(Cc2ccccc2)n1. The molecular formula is C18H22N2O3S2. The van der Waals surface area contributed by atoms with Crippen LogP contribution in [0.3, 0.4) is 0 Å². The third-order valence-corrected chi connectivity index (χ3v) is 6.21. The molecule has 0 unspecified atom stereocenters. The fourth-order valence-corrected chi connectivity index (χ4v) is 5.10. The Kier molecular flexibility index (Phi) is 5.54. The van der Waals surface area contributed by atoms with Crippen LogP contribution in [0, 0.1) is 0 Å². The van der Waals surface area contributed by atoms with Gasteiger partial charge in [-0.3, -0.25) is 4.79 Å². The fourth-order valence-electron chi connectivity index (χ4n) is 3.23. The van der Waals surface area contributed by atoms with E-state index in [1.807, 2.05) is 23.6 Å². The second kappa shape index (κ2) is 7.66. The summed E-state index contributed by atoms with van der Waals surface area (Å²) >= 11 is 1.56. The number of carbonyl (C=O) groups excluding carboxylic acids is 1. The summed E-state index contributed by atoms with van der Waals surface area (Å²) in [5.74, 6) is 0.0254. The second-order valence-corrected chi connectivity index (χ2v) is 9.67. The van der Waals surface area contributed by atoms with Gasteiger partial charge in [0.2, 0.25) is 5.91 Å². The van der Waals surface area contributed by atoms with E-state index in [0.717, 1.165) is 30.0 Å². The van der Waals surface area contributed by atoms with Gasteiger partial charge >= 0.3 is 0 Å². The lowest BCUT2D eigenvalue weighted by Gasteiger charge is -2.23. The van der Waals surface area contributed by atoms with E-state index in [1.165, 1.54) is 11.8 Å². The molecule has 1 aromatic heterocycles. The Morgan fingerprint density at radius 2 is 2.08 bits per heavy atom. The number of rotatable bonds is 6. The first kappa shape index (κ1) is 18.1. The standard InChI is InChI=1S/C18H22N2O3S2/c1-25(22,23)13-16-8-5-9-20(16)18(21)11-15-12-24-17(19-15)10-14-6-3-2-4-7-14/h2-4,6-7,12,16H,5,8-11,13H2,1H3/t16-/m1/s1. The zero-order valence-electron chi connectivity index (χ0n) is 14.2. The lowest BCUT2D eigenvalue weighted by Crippen LogP contribution is -2.40. The van der Waals surface area contributed by atoms with Crippen molar-refractivity contribution in [1.82, 2.24) is 9.88 Å². The number of likely N-dealkylation sites (tertiary alicyclic amines) is 1. The maximum absolute atomic E-state index is 12.6. The minimum absolute atomic E-state index is 0.0253. The summed E-state index contributed by atoms with van der Waals surface area (Å²) in [6.45, 7) is 0.639. The van der Waals surface area contributed by atoms with Crippen LogP contribution in [0.5, 0.6) is 0 Å². The summed E-state index contributed by atoms with van der Waals surface area (Å²) in [5, 5.41) is 2.92. The Balaban J connectivity index is 1.61. The maximum Gasteiger partial charge on any atom is 0.228 e. The topological polar surface area (TPSA) is 67.3 Å². The van der Waals surface area contributed by atoms with Crippen molar-refractivity contribution in [3.05, 3.63) is 52.0 Å². The zero-order chi connectivity index (χ0) is 17.9. The number of amides is 1. The molecule has 1 saturated heterocycles. The van der Waals surface area contributed by atoms with Crippen LogP contribution in [0.25, 0.3) is 0 Å². The molecule has 7 heteroatoms. The minimum Gasteiger partial charge on any atom is -0.338 e. The molecule has 1 amide bonds. The number of nitrogens with zero attached hydrogens (tertiary/aromatic N) is 2. The molecule has 1 fully saturated rings. The van der Waals surface area contributed by atoms with Crippen molar-refractivity contribution in [2.45, 2.75) is 31.7 Å².